The average Bonchev–Trinajstić information content (AvgIpc) is 2.86. The van der Waals surface area contributed by atoms with E-state index in [-0.39, 0.29) is 29.5 Å². The van der Waals surface area contributed by atoms with Gasteiger partial charge in [0.2, 0.25) is 0 Å². The van der Waals surface area contributed by atoms with Gasteiger partial charge in [-0.05, 0) is 58.4 Å². The molecule has 4 heteroatoms. The number of allylic oxidation sites excluding steroid dienone is 2. The van der Waals surface area contributed by atoms with Crippen LogP contribution < -0.4 is 0 Å². The van der Waals surface area contributed by atoms with Crippen LogP contribution in [0.4, 0.5) is 0 Å². The molecule has 0 saturated carbocycles. The van der Waals surface area contributed by atoms with E-state index >= 15 is 0 Å². The Kier molecular flexibility index (Phi) is 4.69. The highest BCUT2D eigenvalue weighted by atomic mass is 16.6. The van der Waals surface area contributed by atoms with Gasteiger partial charge in [0, 0.05) is 12.8 Å². The van der Waals surface area contributed by atoms with Crippen molar-refractivity contribution in [3.8, 4) is 0 Å². The van der Waals surface area contributed by atoms with E-state index in [9.17, 15) is 9.90 Å². The number of carbonyl (C=O) groups is 1. The number of ether oxygens (including phenoxy) is 2. The summed E-state index contributed by atoms with van der Waals surface area (Å²) in [5.41, 5.74) is -0.0787. The lowest BCUT2D eigenvalue weighted by Crippen LogP contribution is -2.41. The Morgan fingerprint density at radius 2 is 2.08 bits per heavy atom. The molecule has 5 atom stereocenters. The largest absolute Gasteiger partial charge is 0.390 e. The van der Waals surface area contributed by atoms with Gasteiger partial charge in [-0.3, -0.25) is 4.79 Å². The molecule has 3 aliphatic rings. The molecule has 4 nitrogen and oxygen atoms in total. The van der Waals surface area contributed by atoms with Crippen LogP contribution in [0.25, 0.3) is 0 Å². The molecule has 0 radical (unpaired) electrons. The Balaban J connectivity index is 1.86. The van der Waals surface area contributed by atoms with Gasteiger partial charge in [0.05, 0.1) is 23.4 Å². The summed E-state index contributed by atoms with van der Waals surface area (Å²) in [4.78, 5) is 12.4. The van der Waals surface area contributed by atoms with Gasteiger partial charge in [-0.2, -0.15) is 0 Å². The summed E-state index contributed by atoms with van der Waals surface area (Å²) in [6.45, 7) is 8.20. The maximum absolute atomic E-state index is 12.4. The van der Waals surface area contributed by atoms with E-state index in [4.69, 9.17) is 9.47 Å². The van der Waals surface area contributed by atoms with Crippen LogP contribution >= 0.6 is 0 Å². The molecule has 3 rings (SSSR count). The number of Topliss-reactive ketones (excluding diaryl/α,β-unsaturated/α-hetero) is 1. The van der Waals surface area contributed by atoms with E-state index in [0.29, 0.717) is 0 Å². The molecule has 0 spiro atoms. The average molecular weight is 336 g/mol. The minimum absolute atomic E-state index is 0.0247. The summed E-state index contributed by atoms with van der Waals surface area (Å²) in [5.74, 6) is 0.0247. The molecule has 24 heavy (non-hydrogen) atoms. The monoisotopic (exact) mass is 336 g/mol. The highest BCUT2D eigenvalue weighted by molar-refractivity contribution is 5.95. The van der Waals surface area contributed by atoms with Crippen molar-refractivity contribution in [1.82, 2.24) is 0 Å². The van der Waals surface area contributed by atoms with Crippen LogP contribution in [0.5, 0.6) is 0 Å². The number of aliphatic hydroxyl groups excluding tert-OH is 1. The van der Waals surface area contributed by atoms with Crippen molar-refractivity contribution in [3.05, 3.63) is 11.6 Å². The predicted molar refractivity (Wildman–Crippen MR) is 92.9 cm³/mol. The molecule has 1 N–H and O–H groups in total. The first-order valence-corrected chi connectivity index (χ1v) is 9.50. The second-order valence-electron chi connectivity index (χ2n) is 8.44. The molecule has 0 aromatic carbocycles. The molecule has 3 heterocycles. The van der Waals surface area contributed by atoms with Gasteiger partial charge in [0.1, 0.15) is 5.60 Å². The number of hydrogen-bond donors (Lipinski definition) is 1. The summed E-state index contributed by atoms with van der Waals surface area (Å²) in [6.07, 6.45) is 8.08. The second-order valence-corrected chi connectivity index (χ2v) is 8.44. The molecule has 2 bridgehead atoms. The molecule has 0 amide bonds. The molecule has 0 unspecified atom stereocenters. The van der Waals surface area contributed by atoms with Crippen molar-refractivity contribution in [2.24, 2.45) is 0 Å². The summed E-state index contributed by atoms with van der Waals surface area (Å²) in [7, 11) is 0. The quantitative estimate of drug-likeness (QED) is 0.781. The van der Waals surface area contributed by atoms with Crippen molar-refractivity contribution < 1.29 is 19.4 Å². The van der Waals surface area contributed by atoms with Crippen molar-refractivity contribution in [2.75, 3.05) is 0 Å². The van der Waals surface area contributed by atoms with Crippen molar-refractivity contribution in [1.29, 1.82) is 0 Å². The number of hydrogen-bond acceptors (Lipinski definition) is 4. The number of aliphatic hydroxyl groups is 1. The van der Waals surface area contributed by atoms with E-state index in [1.165, 1.54) is 0 Å². The minimum atomic E-state index is -0.743. The second kappa shape index (κ2) is 6.22. The van der Waals surface area contributed by atoms with Gasteiger partial charge in [-0.25, -0.2) is 0 Å². The number of carbonyl (C=O) groups excluding carboxylic acids is 1. The first-order valence-electron chi connectivity index (χ1n) is 9.50. The highest BCUT2D eigenvalue weighted by Gasteiger charge is 2.66. The van der Waals surface area contributed by atoms with E-state index < -0.39 is 11.7 Å². The third-order valence-corrected chi connectivity index (χ3v) is 6.55. The van der Waals surface area contributed by atoms with Gasteiger partial charge in [-0.1, -0.05) is 19.4 Å². The van der Waals surface area contributed by atoms with Crippen LogP contribution in [0.2, 0.25) is 0 Å². The standard InChI is InChI=1S/C20H32O4/c1-5-9-20-13-15-8-11-18(3,23-15)17(22)12-16(21)14(2)7-6-10-19(20,4)24-20/h7,15,17,22H,5-6,8-13H2,1-4H3/b14-7+/t15-,17+,18+,19-,20-/m1/s1. The smallest absolute Gasteiger partial charge is 0.160 e. The Labute approximate surface area is 145 Å². The van der Waals surface area contributed by atoms with Gasteiger partial charge < -0.3 is 14.6 Å². The van der Waals surface area contributed by atoms with E-state index in [2.05, 4.69) is 13.8 Å². The Morgan fingerprint density at radius 1 is 1.33 bits per heavy atom. The van der Waals surface area contributed by atoms with E-state index in [1.807, 2.05) is 19.9 Å². The SMILES string of the molecule is CCC[C@@]12C[C@H]3CC[C@](C)(O3)[C@@H](O)CC(=O)/C(C)=C/CC[C@@]1(C)O2. The number of ketones is 1. The van der Waals surface area contributed by atoms with Gasteiger partial charge >= 0.3 is 0 Å². The Morgan fingerprint density at radius 3 is 2.79 bits per heavy atom. The molecule has 0 aromatic rings. The zero-order chi connectivity index (χ0) is 17.6. The molecule has 2 fully saturated rings. The summed E-state index contributed by atoms with van der Waals surface area (Å²) in [5, 5.41) is 10.6. The van der Waals surface area contributed by atoms with Crippen molar-refractivity contribution in [2.45, 2.75) is 108 Å². The molecule has 0 aromatic heterocycles. The fourth-order valence-corrected chi connectivity index (χ4v) is 4.70. The first-order chi connectivity index (χ1) is 11.2. The highest BCUT2D eigenvalue weighted by Crippen LogP contribution is 2.58. The summed E-state index contributed by atoms with van der Waals surface area (Å²) in [6, 6.07) is 0. The predicted octanol–water partition coefficient (Wildman–Crippen LogP) is 3.70. The van der Waals surface area contributed by atoms with Gasteiger partial charge in [0.15, 0.2) is 5.78 Å². The topological polar surface area (TPSA) is 59.1 Å². The molecular weight excluding hydrogens is 304 g/mol. The molecule has 0 aliphatic carbocycles. The molecule has 136 valence electrons. The van der Waals surface area contributed by atoms with Crippen molar-refractivity contribution >= 4 is 5.78 Å². The van der Waals surface area contributed by atoms with Crippen LogP contribution in [0.1, 0.15) is 79.1 Å². The lowest BCUT2D eigenvalue weighted by molar-refractivity contribution is -0.131. The third-order valence-electron chi connectivity index (χ3n) is 6.55. The minimum Gasteiger partial charge on any atom is -0.390 e. The lowest BCUT2D eigenvalue weighted by Gasteiger charge is -2.31. The fraction of sp³-hybridized carbons (Fsp3) is 0.850. The van der Waals surface area contributed by atoms with Crippen LogP contribution in [-0.2, 0) is 14.3 Å². The first kappa shape index (κ1) is 18.1. The number of rotatable bonds is 2. The van der Waals surface area contributed by atoms with Gasteiger partial charge in [-0.15, -0.1) is 0 Å². The molecular formula is C20H32O4. The number of fused-ring (bicyclic) bond motifs is 3. The van der Waals surface area contributed by atoms with Crippen LogP contribution in [0.3, 0.4) is 0 Å². The summed E-state index contributed by atoms with van der Waals surface area (Å²) >= 11 is 0. The van der Waals surface area contributed by atoms with Gasteiger partial charge in [0.25, 0.3) is 0 Å². The van der Waals surface area contributed by atoms with E-state index in [1.54, 1.807) is 0 Å². The van der Waals surface area contributed by atoms with Crippen molar-refractivity contribution in [3.63, 3.8) is 0 Å². The van der Waals surface area contributed by atoms with E-state index in [0.717, 1.165) is 50.5 Å². The maximum Gasteiger partial charge on any atom is 0.160 e. The molecule has 3 aliphatic heterocycles. The zero-order valence-corrected chi connectivity index (χ0v) is 15.6. The molecule has 2 saturated heterocycles. The normalized spacial score (nSPS) is 48.5. The fourth-order valence-electron chi connectivity index (χ4n) is 4.70. The Hall–Kier alpha value is -0.710. The van der Waals surface area contributed by atoms with Crippen LogP contribution in [0.15, 0.2) is 11.6 Å². The number of epoxide rings is 1. The summed E-state index contributed by atoms with van der Waals surface area (Å²) < 4.78 is 12.6. The maximum atomic E-state index is 12.4. The zero-order valence-electron chi connectivity index (χ0n) is 15.6. The Bertz CT molecular complexity index is 542. The van der Waals surface area contributed by atoms with Crippen LogP contribution in [-0.4, -0.2) is 39.9 Å². The lowest BCUT2D eigenvalue weighted by atomic mass is 9.81. The third kappa shape index (κ3) is 3.09. The van der Waals surface area contributed by atoms with Crippen LogP contribution in [0, 0.1) is 0 Å².